The molecule has 0 aromatic heterocycles. The third kappa shape index (κ3) is 2.71. The van der Waals surface area contributed by atoms with Gasteiger partial charge in [-0.1, -0.05) is 44.2 Å². The molecular weight excluding hydrogens is 294 g/mol. The van der Waals surface area contributed by atoms with Crippen molar-refractivity contribution in [1.29, 1.82) is 0 Å². The maximum atomic E-state index is 6.32. The summed E-state index contributed by atoms with van der Waals surface area (Å²) in [5.74, 6) is 1.71. The van der Waals surface area contributed by atoms with Crippen molar-refractivity contribution in [3.63, 3.8) is 0 Å². The van der Waals surface area contributed by atoms with E-state index in [1.807, 2.05) is 0 Å². The van der Waals surface area contributed by atoms with Crippen LogP contribution in [-0.4, -0.2) is 12.6 Å². The Kier molecular flexibility index (Phi) is 4.26. The molecule has 2 heterocycles. The molecule has 2 heteroatoms. The number of anilines is 1. The fourth-order valence-electron chi connectivity index (χ4n) is 4.79. The topological polar surface area (TPSA) is 21.3 Å². The summed E-state index contributed by atoms with van der Waals surface area (Å²) in [6.45, 7) is 7.71. The van der Waals surface area contributed by atoms with Crippen molar-refractivity contribution in [2.24, 2.45) is 11.8 Å². The highest BCUT2D eigenvalue weighted by atomic mass is 16.5. The number of nitrogens with one attached hydrogen (secondary N) is 1. The van der Waals surface area contributed by atoms with Crippen LogP contribution < -0.4 is 5.32 Å². The molecule has 0 radical (unpaired) electrons. The van der Waals surface area contributed by atoms with Gasteiger partial charge in [0.15, 0.2) is 0 Å². The lowest BCUT2D eigenvalue weighted by molar-refractivity contribution is -0.0418. The average molecular weight is 323 g/mol. The fourth-order valence-corrected chi connectivity index (χ4v) is 4.79. The maximum absolute atomic E-state index is 6.32. The Morgan fingerprint density at radius 1 is 1.21 bits per heavy atom. The molecule has 1 aliphatic carbocycles. The van der Waals surface area contributed by atoms with Crippen molar-refractivity contribution in [2.45, 2.75) is 58.1 Å². The second-order valence-electron chi connectivity index (χ2n) is 7.93. The quantitative estimate of drug-likeness (QED) is 0.774. The second-order valence-corrected chi connectivity index (χ2v) is 7.93. The molecule has 3 aliphatic rings. The Labute approximate surface area is 146 Å². The Morgan fingerprint density at radius 2 is 2.08 bits per heavy atom. The first kappa shape index (κ1) is 16.0. The van der Waals surface area contributed by atoms with E-state index >= 15 is 0 Å². The molecule has 0 amide bonds. The van der Waals surface area contributed by atoms with E-state index in [2.05, 4.69) is 62.5 Å². The van der Waals surface area contributed by atoms with E-state index in [4.69, 9.17) is 4.74 Å². The molecule has 0 bridgehead atoms. The Hall–Kier alpha value is -1.54. The largest absolute Gasteiger partial charge is 0.381 e. The first-order valence-corrected chi connectivity index (χ1v) is 9.51. The summed E-state index contributed by atoms with van der Waals surface area (Å²) in [7, 11) is 0. The van der Waals surface area contributed by atoms with Crippen LogP contribution in [0.3, 0.4) is 0 Å². The Bertz CT molecular complexity index is 673. The van der Waals surface area contributed by atoms with Crippen molar-refractivity contribution in [3.05, 3.63) is 53.1 Å². The second kappa shape index (κ2) is 6.40. The molecule has 0 spiro atoms. The summed E-state index contributed by atoms with van der Waals surface area (Å²) in [4.78, 5) is 0. The zero-order valence-electron chi connectivity index (χ0n) is 15.1. The van der Waals surface area contributed by atoms with Crippen LogP contribution in [0.25, 0.3) is 0 Å². The van der Waals surface area contributed by atoms with E-state index in [0.717, 1.165) is 13.0 Å². The number of fused-ring (bicyclic) bond motifs is 3. The summed E-state index contributed by atoms with van der Waals surface area (Å²) in [5, 5.41) is 3.91. The minimum Gasteiger partial charge on any atom is -0.381 e. The molecule has 2 aliphatic heterocycles. The van der Waals surface area contributed by atoms with E-state index in [0.29, 0.717) is 23.8 Å². The van der Waals surface area contributed by atoms with Crippen LogP contribution in [-0.2, 0) is 4.74 Å². The van der Waals surface area contributed by atoms with Gasteiger partial charge in [-0.3, -0.25) is 0 Å². The summed E-state index contributed by atoms with van der Waals surface area (Å²) >= 11 is 0. The lowest BCUT2D eigenvalue weighted by atomic mass is 9.73. The normalized spacial score (nSPS) is 31.5. The third-order valence-electron chi connectivity index (χ3n) is 5.99. The Morgan fingerprint density at radius 3 is 2.83 bits per heavy atom. The smallest absolute Gasteiger partial charge is 0.0892 e. The number of rotatable bonds is 2. The summed E-state index contributed by atoms with van der Waals surface area (Å²) in [5.41, 5.74) is 5.54. The van der Waals surface area contributed by atoms with Gasteiger partial charge in [0.1, 0.15) is 0 Å². The van der Waals surface area contributed by atoms with Crippen molar-refractivity contribution in [2.75, 3.05) is 11.9 Å². The van der Waals surface area contributed by atoms with Gasteiger partial charge in [-0.15, -0.1) is 0 Å². The minimum atomic E-state index is 0.261. The third-order valence-corrected chi connectivity index (χ3v) is 5.99. The number of ether oxygens (including phenoxy) is 1. The van der Waals surface area contributed by atoms with Crippen molar-refractivity contribution < 1.29 is 4.74 Å². The molecule has 1 N–H and O–H groups in total. The highest BCUT2D eigenvalue weighted by molar-refractivity contribution is 5.60. The average Bonchev–Trinajstić information content (AvgIpc) is 2.61. The van der Waals surface area contributed by atoms with Gasteiger partial charge in [0.25, 0.3) is 0 Å². The SMILES string of the molecule is Cc1cc2c(cc1C(C)C)[C@H]1OCCC[C@H]1[C@H](C1C=CC=CC1)N2. The number of hydrogen-bond donors (Lipinski definition) is 1. The maximum Gasteiger partial charge on any atom is 0.0892 e. The van der Waals surface area contributed by atoms with Crippen LogP contribution in [0.2, 0.25) is 0 Å². The van der Waals surface area contributed by atoms with Crippen LogP contribution in [0, 0.1) is 18.8 Å². The van der Waals surface area contributed by atoms with Crippen LogP contribution in [0.5, 0.6) is 0 Å². The first-order chi connectivity index (χ1) is 11.6. The number of aryl methyl sites for hydroxylation is 1. The lowest BCUT2D eigenvalue weighted by Gasteiger charge is -2.46. The van der Waals surface area contributed by atoms with Crippen LogP contribution >= 0.6 is 0 Å². The fraction of sp³-hybridized carbons (Fsp3) is 0.545. The molecule has 24 heavy (non-hydrogen) atoms. The van der Waals surface area contributed by atoms with Crippen LogP contribution in [0.15, 0.2) is 36.4 Å². The van der Waals surface area contributed by atoms with Crippen molar-refractivity contribution in [3.8, 4) is 0 Å². The lowest BCUT2D eigenvalue weighted by Crippen LogP contribution is -2.45. The summed E-state index contributed by atoms with van der Waals surface area (Å²) < 4.78 is 6.32. The Balaban J connectivity index is 1.74. The van der Waals surface area contributed by atoms with Gasteiger partial charge in [-0.05, 0) is 49.3 Å². The highest BCUT2D eigenvalue weighted by Gasteiger charge is 2.41. The van der Waals surface area contributed by atoms with Gasteiger partial charge in [-0.2, -0.15) is 0 Å². The van der Waals surface area contributed by atoms with Crippen LogP contribution in [0.1, 0.15) is 61.8 Å². The molecule has 1 aromatic carbocycles. The molecule has 1 unspecified atom stereocenters. The number of benzene rings is 1. The minimum absolute atomic E-state index is 0.261. The van der Waals surface area contributed by atoms with Gasteiger partial charge < -0.3 is 10.1 Å². The first-order valence-electron chi connectivity index (χ1n) is 9.51. The summed E-state index contributed by atoms with van der Waals surface area (Å²) in [6.07, 6.45) is 12.9. The molecule has 1 fully saturated rings. The molecule has 2 nitrogen and oxygen atoms in total. The van der Waals surface area contributed by atoms with Crippen molar-refractivity contribution >= 4 is 5.69 Å². The van der Waals surface area contributed by atoms with Gasteiger partial charge >= 0.3 is 0 Å². The summed E-state index contributed by atoms with van der Waals surface area (Å²) in [6, 6.07) is 5.25. The van der Waals surface area contributed by atoms with E-state index in [9.17, 15) is 0 Å². The van der Waals surface area contributed by atoms with Gasteiger partial charge in [0, 0.05) is 35.7 Å². The predicted octanol–water partition coefficient (Wildman–Crippen LogP) is 5.51. The van der Waals surface area contributed by atoms with E-state index in [1.54, 1.807) is 0 Å². The van der Waals surface area contributed by atoms with E-state index < -0.39 is 0 Å². The molecule has 1 saturated heterocycles. The molecule has 4 rings (SSSR count). The van der Waals surface area contributed by atoms with Gasteiger partial charge in [-0.25, -0.2) is 0 Å². The monoisotopic (exact) mass is 323 g/mol. The van der Waals surface area contributed by atoms with Crippen molar-refractivity contribution in [1.82, 2.24) is 0 Å². The molecule has 128 valence electrons. The molecule has 0 saturated carbocycles. The zero-order chi connectivity index (χ0) is 16.7. The van der Waals surface area contributed by atoms with E-state index in [-0.39, 0.29) is 6.10 Å². The van der Waals surface area contributed by atoms with Crippen LogP contribution in [0.4, 0.5) is 5.69 Å². The standard InChI is InChI=1S/C22H29NO/c1-14(2)18-13-19-20(12-15(18)3)23-21(16-8-5-4-6-9-16)17-10-7-11-24-22(17)19/h4-6,8,12-14,16-17,21-23H,7,9-11H2,1-3H3/t16?,17-,21-,22-/m0/s1. The zero-order valence-corrected chi connectivity index (χ0v) is 15.1. The highest BCUT2D eigenvalue weighted by Crippen LogP contribution is 2.47. The molecule has 1 aromatic rings. The number of allylic oxidation sites excluding steroid dienone is 3. The molecular formula is C22H29NO. The number of hydrogen-bond acceptors (Lipinski definition) is 2. The van der Waals surface area contributed by atoms with Gasteiger partial charge in [0.2, 0.25) is 0 Å². The van der Waals surface area contributed by atoms with Gasteiger partial charge in [0.05, 0.1) is 6.10 Å². The predicted molar refractivity (Wildman–Crippen MR) is 100 cm³/mol. The van der Waals surface area contributed by atoms with E-state index in [1.165, 1.54) is 35.2 Å². The molecule has 4 atom stereocenters.